The molecule has 4 rings (SSSR count). The number of carbonyl (C=O) groups is 1. The van der Waals surface area contributed by atoms with Gasteiger partial charge in [0.05, 0.1) is 6.04 Å². The SMILES string of the molecule is COCC#Cc1cc(C)nc(C(=O)NC(c2cc3ccccc3[nH]2)c2cc(F)ccc2O)c1. The number of halogens is 1. The number of benzene rings is 2. The van der Waals surface area contributed by atoms with Crippen molar-refractivity contribution in [3.8, 4) is 17.6 Å². The molecule has 6 nitrogen and oxygen atoms in total. The second kappa shape index (κ2) is 9.55. The van der Waals surface area contributed by atoms with Crippen LogP contribution in [0.3, 0.4) is 0 Å². The Balaban J connectivity index is 1.74. The molecule has 1 amide bonds. The lowest BCUT2D eigenvalue weighted by Gasteiger charge is -2.19. The van der Waals surface area contributed by atoms with E-state index in [1.807, 2.05) is 30.3 Å². The third kappa shape index (κ3) is 5.03. The number of carbonyl (C=O) groups excluding carboxylic acids is 1. The van der Waals surface area contributed by atoms with Gasteiger partial charge in [0.25, 0.3) is 5.91 Å². The molecule has 1 unspecified atom stereocenters. The number of rotatable bonds is 5. The van der Waals surface area contributed by atoms with Crippen LogP contribution >= 0.6 is 0 Å². The lowest BCUT2D eigenvalue weighted by Crippen LogP contribution is -2.30. The summed E-state index contributed by atoms with van der Waals surface area (Å²) in [6.07, 6.45) is 0. The molecule has 2 aromatic heterocycles. The highest BCUT2D eigenvalue weighted by Crippen LogP contribution is 2.31. The second-order valence-corrected chi connectivity index (χ2v) is 7.54. The van der Waals surface area contributed by atoms with Gasteiger partial charge in [-0.15, -0.1) is 0 Å². The first kappa shape index (κ1) is 22.1. The lowest BCUT2D eigenvalue weighted by atomic mass is 10.0. The molecular weight excluding hydrogens is 421 g/mol. The van der Waals surface area contributed by atoms with Crippen molar-refractivity contribution in [1.29, 1.82) is 0 Å². The fourth-order valence-electron chi connectivity index (χ4n) is 3.60. The van der Waals surface area contributed by atoms with Crippen LogP contribution in [0, 0.1) is 24.6 Å². The summed E-state index contributed by atoms with van der Waals surface area (Å²) in [6, 6.07) is 15.6. The van der Waals surface area contributed by atoms with Crippen LogP contribution in [-0.4, -0.2) is 34.7 Å². The molecule has 0 aliphatic carbocycles. The first-order chi connectivity index (χ1) is 15.9. The van der Waals surface area contributed by atoms with Crippen molar-refractivity contribution in [2.24, 2.45) is 0 Å². The van der Waals surface area contributed by atoms with E-state index in [2.05, 4.69) is 27.1 Å². The Morgan fingerprint density at radius 2 is 2.03 bits per heavy atom. The van der Waals surface area contributed by atoms with E-state index < -0.39 is 17.8 Å². The maximum atomic E-state index is 14.1. The molecule has 7 heteroatoms. The standard InChI is InChI=1S/C26H22FN3O3/c1-16-12-17(6-5-11-33-2)13-23(28-16)26(32)30-25(20-15-19(27)9-10-24(20)31)22-14-18-7-3-4-8-21(18)29-22/h3-4,7-10,12-15,25,29,31H,11H2,1-2H3,(H,30,32). The summed E-state index contributed by atoms with van der Waals surface area (Å²) in [5.41, 5.74) is 3.09. The van der Waals surface area contributed by atoms with Crippen molar-refractivity contribution in [3.05, 3.63) is 94.7 Å². The van der Waals surface area contributed by atoms with Gasteiger partial charge in [-0.2, -0.15) is 0 Å². The van der Waals surface area contributed by atoms with Crippen molar-refractivity contribution < 1.29 is 19.0 Å². The molecule has 0 aliphatic rings. The second-order valence-electron chi connectivity index (χ2n) is 7.54. The Morgan fingerprint density at radius 1 is 1.21 bits per heavy atom. The number of hydrogen-bond donors (Lipinski definition) is 3. The summed E-state index contributed by atoms with van der Waals surface area (Å²) in [5.74, 6) is 4.65. The van der Waals surface area contributed by atoms with Crippen molar-refractivity contribution in [3.63, 3.8) is 0 Å². The fourth-order valence-corrected chi connectivity index (χ4v) is 3.60. The van der Waals surface area contributed by atoms with Crippen LogP contribution in [0.1, 0.15) is 39.0 Å². The molecule has 3 N–H and O–H groups in total. The zero-order valence-corrected chi connectivity index (χ0v) is 18.1. The molecule has 166 valence electrons. The van der Waals surface area contributed by atoms with E-state index in [-0.39, 0.29) is 23.6 Å². The van der Waals surface area contributed by atoms with Gasteiger partial charge in [0.1, 0.15) is 23.9 Å². The summed E-state index contributed by atoms with van der Waals surface area (Å²) < 4.78 is 19.0. The van der Waals surface area contributed by atoms with Gasteiger partial charge in [0, 0.05) is 35.1 Å². The number of phenolic OH excluding ortho intramolecular Hbond substituents is 1. The van der Waals surface area contributed by atoms with Crippen molar-refractivity contribution >= 4 is 16.8 Å². The van der Waals surface area contributed by atoms with Gasteiger partial charge in [-0.1, -0.05) is 30.0 Å². The van der Waals surface area contributed by atoms with Gasteiger partial charge in [0.15, 0.2) is 0 Å². The van der Waals surface area contributed by atoms with Crippen molar-refractivity contribution in [2.45, 2.75) is 13.0 Å². The number of phenols is 1. The third-order valence-electron chi connectivity index (χ3n) is 5.07. The Morgan fingerprint density at radius 3 is 2.82 bits per heavy atom. The number of aromatic amines is 1. The van der Waals surface area contributed by atoms with E-state index in [1.54, 1.807) is 26.2 Å². The van der Waals surface area contributed by atoms with Crippen molar-refractivity contribution in [1.82, 2.24) is 15.3 Å². The number of aromatic nitrogens is 2. The number of H-pyrrole nitrogens is 1. The van der Waals surface area contributed by atoms with Crippen LogP contribution in [0.5, 0.6) is 5.75 Å². The van der Waals surface area contributed by atoms with Gasteiger partial charge in [0.2, 0.25) is 0 Å². The maximum absolute atomic E-state index is 14.1. The van der Waals surface area contributed by atoms with E-state index in [0.29, 0.717) is 17.0 Å². The Hall–Kier alpha value is -4.15. The van der Waals surface area contributed by atoms with Gasteiger partial charge in [-0.25, -0.2) is 9.37 Å². The molecule has 0 aliphatic heterocycles. The normalized spacial score (nSPS) is 11.6. The number of pyridine rings is 1. The Bertz CT molecular complexity index is 1350. The van der Waals surface area contributed by atoms with Gasteiger partial charge in [-0.05, 0) is 54.8 Å². The number of fused-ring (bicyclic) bond motifs is 1. The van der Waals surface area contributed by atoms with Crippen LogP contribution in [0.15, 0.2) is 60.7 Å². The largest absolute Gasteiger partial charge is 0.508 e. The quantitative estimate of drug-likeness (QED) is 0.403. The summed E-state index contributed by atoms with van der Waals surface area (Å²) in [6.45, 7) is 2.04. The Labute approximate surface area is 190 Å². The van der Waals surface area contributed by atoms with Crippen LogP contribution in [0.2, 0.25) is 0 Å². The molecule has 0 fully saturated rings. The van der Waals surface area contributed by atoms with E-state index in [1.165, 1.54) is 12.1 Å². The van der Waals surface area contributed by atoms with Gasteiger partial charge >= 0.3 is 0 Å². The summed E-state index contributed by atoms with van der Waals surface area (Å²) in [5, 5.41) is 14.3. The minimum atomic E-state index is -0.842. The molecule has 0 spiro atoms. The number of ether oxygens (including phenoxy) is 1. The summed E-state index contributed by atoms with van der Waals surface area (Å²) in [4.78, 5) is 20.8. The summed E-state index contributed by atoms with van der Waals surface area (Å²) in [7, 11) is 1.55. The number of nitrogens with zero attached hydrogens (tertiary/aromatic N) is 1. The zero-order chi connectivity index (χ0) is 23.4. The number of amides is 1. The average molecular weight is 443 g/mol. The molecule has 2 aromatic carbocycles. The van der Waals surface area contributed by atoms with Crippen LogP contribution in [0.4, 0.5) is 4.39 Å². The van der Waals surface area contributed by atoms with E-state index in [0.717, 1.165) is 17.0 Å². The van der Waals surface area contributed by atoms with Crippen LogP contribution < -0.4 is 5.32 Å². The molecule has 0 bridgehead atoms. The molecule has 0 radical (unpaired) electrons. The molecule has 2 heterocycles. The molecule has 0 saturated carbocycles. The average Bonchev–Trinajstić information content (AvgIpc) is 3.23. The summed E-state index contributed by atoms with van der Waals surface area (Å²) >= 11 is 0. The number of nitrogens with one attached hydrogen (secondary N) is 2. The highest BCUT2D eigenvalue weighted by atomic mass is 19.1. The van der Waals surface area contributed by atoms with Gasteiger partial charge < -0.3 is 20.1 Å². The van der Waals surface area contributed by atoms with E-state index in [9.17, 15) is 14.3 Å². The van der Waals surface area contributed by atoms with E-state index >= 15 is 0 Å². The molecule has 33 heavy (non-hydrogen) atoms. The number of para-hydroxylation sites is 1. The zero-order valence-electron chi connectivity index (χ0n) is 18.1. The number of aromatic hydroxyl groups is 1. The fraction of sp³-hybridized carbons (Fsp3) is 0.154. The maximum Gasteiger partial charge on any atom is 0.270 e. The highest BCUT2D eigenvalue weighted by Gasteiger charge is 2.24. The van der Waals surface area contributed by atoms with Crippen LogP contribution in [-0.2, 0) is 4.74 Å². The smallest absolute Gasteiger partial charge is 0.270 e. The monoisotopic (exact) mass is 443 g/mol. The predicted octanol–water partition coefficient (Wildman–Crippen LogP) is 4.23. The minimum Gasteiger partial charge on any atom is -0.508 e. The van der Waals surface area contributed by atoms with E-state index in [4.69, 9.17) is 4.74 Å². The predicted molar refractivity (Wildman–Crippen MR) is 123 cm³/mol. The number of hydrogen-bond acceptors (Lipinski definition) is 4. The van der Waals surface area contributed by atoms with Crippen LogP contribution in [0.25, 0.3) is 10.9 Å². The first-order valence-electron chi connectivity index (χ1n) is 10.3. The number of aryl methyl sites for hydroxylation is 1. The highest BCUT2D eigenvalue weighted by molar-refractivity contribution is 5.93. The molecule has 0 saturated heterocycles. The topological polar surface area (TPSA) is 87.2 Å². The first-order valence-corrected chi connectivity index (χ1v) is 10.3. The molecular formula is C26H22FN3O3. The molecule has 1 atom stereocenters. The Kier molecular flexibility index (Phi) is 6.38. The lowest BCUT2D eigenvalue weighted by molar-refractivity contribution is 0.0936. The minimum absolute atomic E-state index is 0.135. The third-order valence-corrected chi connectivity index (χ3v) is 5.07. The molecule has 4 aromatic rings. The van der Waals surface area contributed by atoms with Gasteiger partial charge in [-0.3, -0.25) is 4.79 Å². The number of methoxy groups -OCH3 is 1. The van der Waals surface area contributed by atoms with Crippen molar-refractivity contribution in [2.75, 3.05) is 13.7 Å².